The quantitative estimate of drug-likeness (QED) is 0.533. The number of aliphatic imine (C=N–C) groups is 1. The molecule has 0 spiro atoms. The topological polar surface area (TPSA) is 102 Å². The van der Waals surface area contributed by atoms with Crippen molar-refractivity contribution in [3.63, 3.8) is 0 Å². The molecule has 1 aliphatic carbocycles. The molecule has 0 radical (unpaired) electrons. The Morgan fingerprint density at radius 2 is 1.75 bits per heavy atom. The van der Waals surface area contributed by atoms with Crippen molar-refractivity contribution in [2.45, 2.75) is 6.10 Å². The van der Waals surface area contributed by atoms with Gasteiger partial charge >= 0.3 is 0 Å². The van der Waals surface area contributed by atoms with Crippen LogP contribution in [0.15, 0.2) is 47.5 Å². The summed E-state index contributed by atoms with van der Waals surface area (Å²) in [6.45, 7) is 0. The molecule has 0 saturated heterocycles. The van der Waals surface area contributed by atoms with Crippen molar-refractivity contribution in [1.29, 1.82) is 0 Å². The van der Waals surface area contributed by atoms with Crippen LogP contribution in [-0.2, 0) is 0 Å². The van der Waals surface area contributed by atoms with E-state index in [2.05, 4.69) is 4.99 Å². The number of carbonyl (C=O) groups is 1. The molecule has 0 bridgehead atoms. The Morgan fingerprint density at radius 1 is 1.05 bits per heavy atom. The number of fused-ring (bicyclic) bond motifs is 3. The second-order valence-corrected chi connectivity index (χ2v) is 4.60. The maximum Gasteiger partial charge on any atom is 0.280 e. The van der Waals surface area contributed by atoms with Gasteiger partial charge in [0.1, 0.15) is 6.10 Å². The highest BCUT2D eigenvalue weighted by Crippen LogP contribution is 2.44. The van der Waals surface area contributed by atoms with Gasteiger partial charge in [-0.1, -0.05) is 36.4 Å². The Kier molecular flexibility index (Phi) is 2.76. The molecule has 100 valence electrons. The molecule has 2 aromatic rings. The van der Waals surface area contributed by atoms with Crippen LogP contribution in [0.4, 0.5) is 0 Å². The van der Waals surface area contributed by atoms with Crippen LogP contribution in [0.2, 0.25) is 0 Å². The first kappa shape index (κ1) is 12.4. The smallest absolute Gasteiger partial charge is 0.280 e. The molecule has 3 rings (SSSR count). The van der Waals surface area contributed by atoms with E-state index in [4.69, 9.17) is 11.5 Å². The number of rotatable bonds is 1. The minimum Gasteiger partial charge on any atom is -0.384 e. The van der Waals surface area contributed by atoms with Crippen LogP contribution in [0.5, 0.6) is 0 Å². The van der Waals surface area contributed by atoms with Gasteiger partial charge in [-0.3, -0.25) is 4.79 Å². The summed E-state index contributed by atoms with van der Waals surface area (Å²) in [7, 11) is 0. The number of nitrogens with two attached hydrogens (primary N) is 2. The van der Waals surface area contributed by atoms with E-state index in [0.717, 1.165) is 11.1 Å². The van der Waals surface area contributed by atoms with Crippen LogP contribution < -0.4 is 11.5 Å². The first-order chi connectivity index (χ1) is 9.59. The minimum atomic E-state index is -0.729. The molecule has 1 unspecified atom stereocenters. The summed E-state index contributed by atoms with van der Waals surface area (Å²) in [5, 5.41) is 10.3. The van der Waals surface area contributed by atoms with Crippen molar-refractivity contribution in [2.75, 3.05) is 0 Å². The van der Waals surface area contributed by atoms with Crippen LogP contribution in [0, 0.1) is 0 Å². The first-order valence-corrected chi connectivity index (χ1v) is 6.14. The first-order valence-electron chi connectivity index (χ1n) is 6.14. The van der Waals surface area contributed by atoms with Crippen LogP contribution in [0.1, 0.15) is 27.6 Å². The number of hydrogen-bond acceptors (Lipinski definition) is 2. The predicted molar refractivity (Wildman–Crippen MR) is 76.1 cm³/mol. The number of guanidine groups is 1. The Morgan fingerprint density at radius 3 is 2.50 bits per heavy atom. The average Bonchev–Trinajstić information content (AvgIpc) is 2.72. The average molecular weight is 267 g/mol. The Balaban J connectivity index is 2.25. The van der Waals surface area contributed by atoms with E-state index < -0.39 is 12.0 Å². The number of hydrogen-bond donors (Lipinski definition) is 3. The van der Waals surface area contributed by atoms with E-state index in [9.17, 15) is 9.90 Å². The largest absolute Gasteiger partial charge is 0.384 e. The highest BCUT2D eigenvalue weighted by atomic mass is 16.3. The van der Waals surface area contributed by atoms with Gasteiger partial charge in [-0.2, -0.15) is 4.99 Å². The van der Waals surface area contributed by atoms with Gasteiger partial charge in [-0.25, -0.2) is 0 Å². The highest BCUT2D eigenvalue weighted by molar-refractivity contribution is 6.07. The fourth-order valence-electron chi connectivity index (χ4n) is 2.58. The molecule has 0 saturated carbocycles. The third-order valence-electron chi connectivity index (χ3n) is 3.38. The summed E-state index contributed by atoms with van der Waals surface area (Å²) in [6.07, 6.45) is -0.729. The van der Waals surface area contributed by atoms with Crippen molar-refractivity contribution in [3.05, 3.63) is 59.2 Å². The van der Waals surface area contributed by atoms with Crippen molar-refractivity contribution >= 4 is 11.9 Å². The lowest BCUT2D eigenvalue weighted by molar-refractivity contribution is 0.100. The zero-order valence-corrected chi connectivity index (χ0v) is 10.6. The molecule has 1 atom stereocenters. The van der Waals surface area contributed by atoms with Crippen LogP contribution in [0.25, 0.3) is 11.1 Å². The van der Waals surface area contributed by atoms with Crippen molar-refractivity contribution in [1.82, 2.24) is 0 Å². The lowest BCUT2D eigenvalue weighted by Crippen LogP contribution is -2.24. The number of nitrogens with zero attached hydrogens (tertiary/aromatic N) is 1. The highest BCUT2D eigenvalue weighted by Gasteiger charge is 2.30. The maximum absolute atomic E-state index is 12.1. The van der Waals surface area contributed by atoms with Gasteiger partial charge in [0, 0.05) is 5.56 Å². The molecule has 0 aromatic heterocycles. The van der Waals surface area contributed by atoms with Crippen LogP contribution in [0.3, 0.4) is 0 Å². The lowest BCUT2D eigenvalue weighted by atomic mass is 9.99. The van der Waals surface area contributed by atoms with E-state index in [-0.39, 0.29) is 5.96 Å². The van der Waals surface area contributed by atoms with Gasteiger partial charge in [-0.15, -0.1) is 0 Å². The summed E-state index contributed by atoms with van der Waals surface area (Å²) in [5.74, 6) is -0.787. The van der Waals surface area contributed by atoms with E-state index in [1.807, 2.05) is 24.3 Å². The summed E-state index contributed by atoms with van der Waals surface area (Å²) in [4.78, 5) is 15.7. The third-order valence-corrected chi connectivity index (χ3v) is 3.38. The van der Waals surface area contributed by atoms with Crippen LogP contribution >= 0.6 is 0 Å². The Labute approximate surface area is 115 Å². The second-order valence-electron chi connectivity index (χ2n) is 4.60. The van der Waals surface area contributed by atoms with Gasteiger partial charge in [0.05, 0.1) is 5.56 Å². The van der Waals surface area contributed by atoms with Crippen molar-refractivity contribution in [3.8, 4) is 11.1 Å². The van der Waals surface area contributed by atoms with Gasteiger partial charge in [-0.05, 0) is 22.8 Å². The zero-order chi connectivity index (χ0) is 14.3. The molecule has 5 heteroatoms. The number of aliphatic hydroxyl groups excluding tert-OH is 1. The minimum absolute atomic E-state index is 0.278. The molecule has 1 aliphatic rings. The second kappa shape index (κ2) is 4.47. The van der Waals surface area contributed by atoms with E-state index >= 15 is 0 Å². The molecule has 1 amide bonds. The van der Waals surface area contributed by atoms with Gasteiger partial charge < -0.3 is 16.6 Å². The summed E-state index contributed by atoms with van der Waals surface area (Å²) in [6, 6.07) is 12.6. The summed E-state index contributed by atoms with van der Waals surface area (Å²) in [5.41, 5.74) is 13.9. The predicted octanol–water partition coefficient (Wildman–Crippen LogP) is 1.16. The molecule has 0 aliphatic heterocycles. The number of aliphatic hydroxyl groups is 1. The van der Waals surface area contributed by atoms with Gasteiger partial charge in [0.15, 0.2) is 5.96 Å². The zero-order valence-electron chi connectivity index (χ0n) is 10.6. The fraction of sp³-hybridized carbons (Fsp3) is 0.0667. The Bertz CT molecular complexity index is 734. The molecule has 5 nitrogen and oxygen atoms in total. The van der Waals surface area contributed by atoms with Gasteiger partial charge in [0.25, 0.3) is 5.91 Å². The third kappa shape index (κ3) is 1.76. The van der Waals surface area contributed by atoms with Crippen molar-refractivity contribution < 1.29 is 9.90 Å². The normalized spacial score (nSPS) is 15.3. The van der Waals surface area contributed by atoms with Gasteiger partial charge in [0.2, 0.25) is 0 Å². The lowest BCUT2D eigenvalue weighted by Gasteiger charge is -2.07. The van der Waals surface area contributed by atoms with Crippen LogP contribution in [-0.4, -0.2) is 17.0 Å². The number of amides is 1. The molecule has 5 N–H and O–H groups in total. The number of carbonyl (C=O) groups excluding carboxylic acids is 1. The van der Waals surface area contributed by atoms with E-state index in [1.54, 1.807) is 18.2 Å². The van der Waals surface area contributed by atoms with Crippen molar-refractivity contribution in [2.24, 2.45) is 16.5 Å². The molecule has 20 heavy (non-hydrogen) atoms. The van der Waals surface area contributed by atoms with E-state index in [0.29, 0.717) is 16.7 Å². The molecule has 0 heterocycles. The Hall–Kier alpha value is -2.66. The number of benzene rings is 2. The summed E-state index contributed by atoms with van der Waals surface area (Å²) >= 11 is 0. The fourth-order valence-corrected chi connectivity index (χ4v) is 2.58. The molecular weight excluding hydrogens is 254 g/mol. The summed E-state index contributed by atoms with van der Waals surface area (Å²) < 4.78 is 0. The monoisotopic (exact) mass is 267 g/mol. The molecule has 2 aromatic carbocycles. The standard InChI is InChI=1S/C15H13N3O2/c16-15(17)18-14(20)11-7-3-6-10-12(11)8-4-1-2-5-9(8)13(10)19/h1-7,13,19H,(H4,16,17,18,20). The van der Waals surface area contributed by atoms with E-state index in [1.165, 1.54) is 0 Å². The maximum atomic E-state index is 12.1. The SMILES string of the molecule is NC(N)=NC(=O)c1cccc2c1-c1ccccc1C2O. The molecular formula is C15H13N3O2. The molecule has 0 fully saturated rings.